The number of likely N-dealkylation sites (N-methyl/N-ethyl adjacent to an activating group) is 2. The van der Waals surface area contributed by atoms with Gasteiger partial charge in [0.1, 0.15) is 12.2 Å². The first-order chi connectivity index (χ1) is 14.7. The third-order valence-electron chi connectivity index (χ3n) is 4.58. The Bertz CT molecular complexity index is 1050. The highest BCUT2D eigenvalue weighted by Gasteiger charge is 2.35. The van der Waals surface area contributed by atoms with Gasteiger partial charge in [0, 0.05) is 19.1 Å². The molecule has 0 unspecified atom stereocenters. The molecule has 0 saturated carbocycles. The van der Waals surface area contributed by atoms with Crippen LogP contribution in [0.25, 0.3) is 6.08 Å². The molecule has 0 aliphatic carbocycles. The van der Waals surface area contributed by atoms with Crippen LogP contribution in [0.3, 0.4) is 0 Å². The standard InChI is InChI=1S/C22H20ClIN2O4S/c1-4-29-18-11-14(9-16-20(27)25(2)22(31)26(3)21(16)28)10-17(24)19(18)30-12-13-5-7-15(23)8-6-13/h5-11H,4,12H2,1-3H3. The topological polar surface area (TPSA) is 59.1 Å². The van der Waals surface area contributed by atoms with E-state index in [-0.39, 0.29) is 10.7 Å². The molecule has 1 saturated heterocycles. The molecule has 0 spiro atoms. The number of benzene rings is 2. The van der Waals surface area contributed by atoms with Crippen LogP contribution in [0.15, 0.2) is 42.0 Å². The highest BCUT2D eigenvalue weighted by Crippen LogP contribution is 2.36. The van der Waals surface area contributed by atoms with Crippen molar-refractivity contribution in [2.24, 2.45) is 0 Å². The Morgan fingerprint density at radius 1 is 1.06 bits per heavy atom. The second kappa shape index (κ2) is 9.97. The summed E-state index contributed by atoms with van der Waals surface area (Å²) in [6, 6.07) is 11.0. The van der Waals surface area contributed by atoms with Crippen molar-refractivity contribution in [1.82, 2.24) is 9.80 Å². The maximum Gasteiger partial charge on any atom is 0.265 e. The van der Waals surface area contributed by atoms with Crippen LogP contribution in [0.5, 0.6) is 11.5 Å². The summed E-state index contributed by atoms with van der Waals surface area (Å²) in [4.78, 5) is 27.8. The molecule has 1 fully saturated rings. The number of ether oxygens (including phenoxy) is 2. The number of hydrogen-bond donors (Lipinski definition) is 0. The minimum atomic E-state index is -0.441. The molecule has 2 amide bonds. The van der Waals surface area contributed by atoms with Crippen LogP contribution in [0.2, 0.25) is 5.02 Å². The average molecular weight is 571 g/mol. The number of carbonyl (C=O) groups excluding carboxylic acids is 2. The first-order valence-corrected chi connectivity index (χ1v) is 11.2. The van der Waals surface area contributed by atoms with E-state index in [1.54, 1.807) is 26.2 Å². The van der Waals surface area contributed by atoms with Gasteiger partial charge in [0.2, 0.25) is 0 Å². The van der Waals surface area contributed by atoms with Crippen molar-refractivity contribution in [3.05, 3.63) is 61.7 Å². The molecule has 162 valence electrons. The Kier molecular flexibility index (Phi) is 7.55. The number of amides is 2. The molecule has 2 aromatic carbocycles. The lowest BCUT2D eigenvalue weighted by Gasteiger charge is -2.31. The van der Waals surface area contributed by atoms with Crippen LogP contribution in [0.1, 0.15) is 18.1 Å². The first-order valence-electron chi connectivity index (χ1n) is 9.38. The zero-order valence-electron chi connectivity index (χ0n) is 17.1. The number of nitrogens with zero attached hydrogens (tertiary/aromatic N) is 2. The summed E-state index contributed by atoms with van der Waals surface area (Å²) in [7, 11) is 3.09. The SMILES string of the molecule is CCOc1cc(C=C2C(=O)N(C)C(=S)N(C)C2=O)cc(I)c1OCc1ccc(Cl)cc1. The fraction of sp³-hybridized carbons (Fsp3) is 0.227. The minimum absolute atomic E-state index is 0.0340. The van der Waals surface area contributed by atoms with E-state index in [4.69, 9.17) is 33.3 Å². The number of rotatable bonds is 6. The van der Waals surface area contributed by atoms with Gasteiger partial charge < -0.3 is 9.47 Å². The highest BCUT2D eigenvalue weighted by atomic mass is 127. The van der Waals surface area contributed by atoms with E-state index >= 15 is 0 Å². The molecule has 0 bridgehead atoms. The number of thiocarbonyl (C=S) groups is 1. The molecule has 3 rings (SSSR count). The molecular weight excluding hydrogens is 551 g/mol. The van der Waals surface area contributed by atoms with Crippen molar-refractivity contribution >= 4 is 69.4 Å². The van der Waals surface area contributed by atoms with E-state index in [0.717, 1.165) is 9.13 Å². The normalized spacial score (nSPS) is 14.2. The van der Waals surface area contributed by atoms with Gasteiger partial charge in [0.25, 0.3) is 11.8 Å². The lowest BCUT2D eigenvalue weighted by atomic mass is 10.1. The number of hydrogen-bond acceptors (Lipinski definition) is 5. The average Bonchev–Trinajstić information content (AvgIpc) is 2.75. The quantitative estimate of drug-likeness (QED) is 0.221. The molecule has 6 nitrogen and oxygen atoms in total. The number of halogens is 2. The van der Waals surface area contributed by atoms with Gasteiger partial charge in [0.05, 0.1) is 10.2 Å². The molecule has 31 heavy (non-hydrogen) atoms. The largest absolute Gasteiger partial charge is 0.490 e. The minimum Gasteiger partial charge on any atom is -0.490 e. The van der Waals surface area contributed by atoms with Crippen LogP contribution >= 0.6 is 46.4 Å². The van der Waals surface area contributed by atoms with E-state index in [1.807, 2.05) is 37.3 Å². The van der Waals surface area contributed by atoms with E-state index in [1.165, 1.54) is 9.80 Å². The van der Waals surface area contributed by atoms with Crippen molar-refractivity contribution in [1.29, 1.82) is 0 Å². The number of carbonyl (C=O) groups is 2. The Balaban J connectivity index is 1.93. The molecule has 1 aliphatic heterocycles. The van der Waals surface area contributed by atoms with Crippen molar-refractivity contribution in [2.45, 2.75) is 13.5 Å². The summed E-state index contributed by atoms with van der Waals surface area (Å²) in [5, 5.41) is 0.831. The summed E-state index contributed by atoms with van der Waals surface area (Å²) in [6.45, 7) is 2.66. The monoisotopic (exact) mass is 570 g/mol. The van der Waals surface area contributed by atoms with Crippen molar-refractivity contribution in [2.75, 3.05) is 20.7 Å². The smallest absolute Gasteiger partial charge is 0.265 e. The molecule has 0 aromatic heterocycles. The van der Waals surface area contributed by atoms with E-state index in [9.17, 15) is 9.59 Å². The summed E-state index contributed by atoms with van der Waals surface area (Å²) in [6.07, 6.45) is 1.55. The summed E-state index contributed by atoms with van der Waals surface area (Å²) >= 11 is 13.2. The van der Waals surface area contributed by atoms with Crippen molar-refractivity contribution < 1.29 is 19.1 Å². The van der Waals surface area contributed by atoms with Gasteiger partial charge in [-0.15, -0.1) is 0 Å². The fourth-order valence-corrected chi connectivity index (χ4v) is 4.03. The molecule has 0 radical (unpaired) electrons. The molecule has 2 aromatic rings. The summed E-state index contributed by atoms with van der Waals surface area (Å²) < 4.78 is 12.6. The molecule has 1 aliphatic rings. The fourth-order valence-electron chi connectivity index (χ4n) is 2.95. The maximum absolute atomic E-state index is 12.6. The Hall–Kier alpha value is -2.17. The third kappa shape index (κ3) is 5.19. The van der Waals surface area contributed by atoms with Gasteiger partial charge in [-0.3, -0.25) is 19.4 Å². The zero-order valence-corrected chi connectivity index (χ0v) is 20.9. The zero-order chi connectivity index (χ0) is 22.7. The predicted octanol–water partition coefficient (Wildman–Crippen LogP) is 4.52. The molecule has 0 atom stereocenters. The van der Waals surface area contributed by atoms with E-state index < -0.39 is 11.8 Å². The maximum atomic E-state index is 12.6. The second-order valence-electron chi connectivity index (χ2n) is 6.75. The van der Waals surface area contributed by atoms with Crippen LogP contribution in [-0.4, -0.2) is 47.4 Å². The Morgan fingerprint density at radius 2 is 1.68 bits per heavy atom. The lowest BCUT2D eigenvalue weighted by molar-refractivity contribution is -0.132. The van der Waals surface area contributed by atoms with Gasteiger partial charge in [-0.25, -0.2) is 0 Å². The summed E-state index contributed by atoms with van der Waals surface area (Å²) in [5.74, 6) is 0.243. The third-order valence-corrected chi connectivity index (χ3v) is 6.18. The molecule has 0 N–H and O–H groups in total. The van der Waals surface area contributed by atoms with Crippen LogP contribution in [-0.2, 0) is 16.2 Å². The predicted molar refractivity (Wildman–Crippen MR) is 132 cm³/mol. The van der Waals surface area contributed by atoms with Crippen molar-refractivity contribution in [3.8, 4) is 11.5 Å². The molecular formula is C22H20ClIN2O4S. The second-order valence-corrected chi connectivity index (χ2v) is 8.71. The highest BCUT2D eigenvalue weighted by molar-refractivity contribution is 14.1. The van der Waals surface area contributed by atoms with Gasteiger partial charge in [0.15, 0.2) is 16.6 Å². The Labute approximate surface area is 204 Å². The molecule has 1 heterocycles. The first kappa shape index (κ1) is 23.5. The van der Waals surface area contributed by atoms with Crippen LogP contribution in [0.4, 0.5) is 0 Å². The van der Waals surface area contributed by atoms with Gasteiger partial charge in [-0.05, 0) is 83.2 Å². The Morgan fingerprint density at radius 3 is 2.26 bits per heavy atom. The van der Waals surface area contributed by atoms with Crippen molar-refractivity contribution in [3.63, 3.8) is 0 Å². The lowest BCUT2D eigenvalue weighted by Crippen LogP contribution is -2.52. The van der Waals surface area contributed by atoms with E-state index in [0.29, 0.717) is 35.3 Å². The molecule has 9 heteroatoms. The van der Waals surface area contributed by atoms with Gasteiger partial charge >= 0.3 is 0 Å². The van der Waals surface area contributed by atoms with E-state index in [2.05, 4.69) is 22.6 Å². The van der Waals surface area contributed by atoms with Crippen LogP contribution in [0, 0.1) is 3.57 Å². The van der Waals surface area contributed by atoms with Gasteiger partial charge in [-0.2, -0.15) is 0 Å². The summed E-state index contributed by atoms with van der Waals surface area (Å²) in [5.41, 5.74) is 1.65. The van der Waals surface area contributed by atoms with Gasteiger partial charge in [-0.1, -0.05) is 23.7 Å². The van der Waals surface area contributed by atoms with Crippen LogP contribution < -0.4 is 9.47 Å².